The van der Waals surface area contributed by atoms with Crippen LogP contribution in [0.5, 0.6) is 0 Å². The molecule has 0 spiro atoms. The number of hydrogen-bond acceptors (Lipinski definition) is 4. The average molecular weight is 534 g/mol. The number of nitrogens with one attached hydrogen (secondary N) is 2. The van der Waals surface area contributed by atoms with E-state index in [1.54, 1.807) is 6.26 Å². The first-order valence-electron chi connectivity index (χ1n) is 10.4. The van der Waals surface area contributed by atoms with Gasteiger partial charge < -0.3 is 20.2 Å². The summed E-state index contributed by atoms with van der Waals surface area (Å²) < 4.78 is 5.62. The summed E-state index contributed by atoms with van der Waals surface area (Å²) >= 11 is 0. The Morgan fingerprint density at radius 1 is 1.10 bits per heavy atom. The van der Waals surface area contributed by atoms with Crippen LogP contribution in [0.25, 0.3) is 11.5 Å². The standard InChI is InChI=1S/C24H30N4O2.HI/c1-3-25-24(27-16-14-22(29)19-7-5-4-6-8-19)26-15-13-21-17-30-23(28-21)20-11-9-18(2)10-12-20;/h4-12,17,22,29H,3,13-16H2,1-2H3,(H2,25,26,27);1H. The number of aliphatic imine (C=N–C) groups is 1. The molecule has 1 aromatic heterocycles. The summed E-state index contributed by atoms with van der Waals surface area (Å²) in [7, 11) is 0. The van der Waals surface area contributed by atoms with E-state index in [4.69, 9.17) is 4.42 Å². The van der Waals surface area contributed by atoms with Crippen LogP contribution in [0.3, 0.4) is 0 Å². The molecule has 0 aliphatic rings. The molecular formula is C24H31IN4O2. The van der Waals surface area contributed by atoms with Crippen molar-refractivity contribution in [3.05, 3.63) is 77.7 Å². The second-order valence-corrected chi connectivity index (χ2v) is 7.16. The fraction of sp³-hybridized carbons (Fsp3) is 0.333. The zero-order valence-electron chi connectivity index (χ0n) is 18.0. The molecular weight excluding hydrogens is 503 g/mol. The first-order chi connectivity index (χ1) is 14.7. The van der Waals surface area contributed by atoms with Crippen LogP contribution in [0.4, 0.5) is 0 Å². The van der Waals surface area contributed by atoms with Crippen molar-refractivity contribution in [2.45, 2.75) is 32.8 Å². The predicted octanol–water partition coefficient (Wildman–Crippen LogP) is 4.49. The van der Waals surface area contributed by atoms with Crippen molar-refractivity contribution in [2.75, 3.05) is 19.6 Å². The Balaban J connectivity index is 0.00000341. The van der Waals surface area contributed by atoms with Crippen LogP contribution in [0.2, 0.25) is 0 Å². The number of aromatic nitrogens is 1. The number of aliphatic hydroxyl groups excluding tert-OH is 1. The SMILES string of the molecule is CCNC(=NCCC(O)c1ccccc1)NCCc1coc(-c2ccc(C)cc2)n1.I. The monoisotopic (exact) mass is 534 g/mol. The van der Waals surface area contributed by atoms with Gasteiger partial charge in [-0.3, -0.25) is 4.99 Å². The number of nitrogens with zero attached hydrogens (tertiary/aromatic N) is 2. The molecule has 1 atom stereocenters. The zero-order valence-corrected chi connectivity index (χ0v) is 20.4. The molecule has 7 heteroatoms. The number of oxazole rings is 1. The molecule has 0 fully saturated rings. The Labute approximate surface area is 201 Å². The summed E-state index contributed by atoms with van der Waals surface area (Å²) in [6, 6.07) is 17.8. The van der Waals surface area contributed by atoms with Gasteiger partial charge in [0.15, 0.2) is 5.96 Å². The van der Waals surface area contributed by atoms with Crippen molar-refractivity contribution >= 4 is 29.9 Å². The Bertz CT molecular complexity index is 926. The Kier molecular flexibility index (Phi) is 10.5. The highest BCUT2D eigenvalue weighted by Gasteiger charge is 2.08. The number of aliphatic hydroxyl groups is 1. The van der Waals surface area contributed by atoms with Gasteiger partial charge >= 0.3 is 0 Å². The van der Waals surface area contributed by atoms with E-state index >= 15 is 0 Å². The maximum absolute atomic E-state index is 10.3. The van der Waals surface area contributed by atoms with Gasteiger partial charge in [0.1, 0.15) is 6.26 Å². The van der Waals surface area contributed by atoms with Gasteiger partial charge in [-0.05, 0) is 38.0 Å². The van der Waals surface area contributed by atoms with E-state index in [1.807, 2.05) is 49.4 Å². The smallest absolute Gasteiger partial charge is 0.226 e. The Morgan fingerprint density at radius 2 is 1.84 bits per heavy atom. The van der Waals surface area contributed by atoms with Crippen molar-refractivity contribution in [3.63, 3.8) is 0 Å². The zero-order chi connectivity index (χ0) is 21.2. The molecule has 0 radical (unpaired) electrons. The minimum Gasteiger partial charge on any atom is -0.444 e. The molecule has 0 aliphatic heterocycles. The topological polar surface area (TPSA) is 82.7 Å². The quantitative estimate of drug-likeness (QED) is 0.214. The van der Waals surface area contributed by atoms with Crippen LogP contribution < -0.4 is 10.6 Å². The van der Waals surface area contributed by atoms with Gasteiger partial charge in [-0.25, -0.2) is 4.98 Å². The van der Waals surface area contributed by atoms with Crippen LogP contribution in [0.1, 0.15) is 36.3 Å². The van der Waals surface area contributed by atoms with Gasteiger partial charge in [0, 0.05) is 31.6 Å². The van der Waals surface area contributed by atoms with Crippen LogP contribution >= 0.6 is 24.0 Å². The second kappa shape index (κ2) is 13.1. The molecule has 1 unspecified atom stereocenters. The van der Waals surface area contributed by atoms with Crippen molar-refractivity contribution in [1.82, 2.24) is 15.6 Å². The third kappa shape index (κ3) is 7.99. The van der Waals surface area contributed by atoms with Crippen LogP contribution in [-0.2, 0) is 6.42 Å². The molecule has 166 valence electrons. The Hall–Kier alpha value is -2.39. The minimum absolute atomic E-state index is 0. The van der Waals surface area contributed by atoms with Crippen molar-refractivity contribution in [1.29, 1.82) is 0 Å². The number of rotatable bonds is 9. The lowest BCUT2D eigenvalue weighted by molar-refractivity contribution is 0.170. The molecule has 1 heterocycles. The fourth-order valence-corrected chi connectivity index (χ4v) is 3.04. The molecule has 0 amide bonds. The van der Waals surface area contributed by atoms with E-state index in [0.29, 0.717) is 25.4 Å². The molecule has 0 saturated heterocycles. The van der Waals surface area contributed by atoms with Crippen LogP contribution in [-0.4, -0.2) is 35.7 Å². The molecule has 3 rings (SSSR count). The third-order valence-electron chi connectivity index (χ3n) is 4.72. The normalized spacial score (nSPS) is 12.2. The van der Waals surface area contributed by atoms with E-state index in [0.717, 1.165) is 35.7 Å². The van der Waals surface area contributed by atoms with E-state index < -0.39 is 6.10 Å². The first-order valence-corrected chi connectivity index (χ1v) is 10.4. The molecule has 2 aromatic carbocycles. The van der Waals surface area contributed by atoms with E-state index in [2.05, 4.69) is 39.7 Å². The summed E-state index contributed by atoms with van der Waals surface area (Å²) in [5.41, 5.74) is 4.00. The lowest BCUT2D eigenvalue weighted by Crippen LogP contribution is -2.38. The highest BCUT2D eigenvalue weighted by atomic mass is 127. The van der Waals surface area contributed by atoms with Gasteiger partial charge in [-0.15, -0.1) is 24.0 Å². The maximum atomic E-state index is 10.3. The number of benzene rings is 2. The molecule has 6 nitrogen and oxygen atoms in total. The van der Waals surface area contributed by atoms with Crippen molar-refractivity contribution < 1.29 is 9.52 Å². The summed E-state index contributed by atoms with van der Waals surface area (Å²) in [6.45, 7) is 6.08. The second-order valence-electron chi connectivity index (χ2n) is 7.16. The van der Waals surface area contributed by atoms with E-state index in [-0.39, 0.29) is 24.0 Å². The van der Waals surface area contributed by atoms with Gasteiger partial charge in [-0.2, -0.15) is 0 Å². The van der Waals surface area contributed by atoms with E-state index in [1.165, 1.54) is 5.56 Å². The van der Waals surface area contributed by atoms with E-state index in [9.17, 15) is 5.11 Å². The number of hydrogen-bond donors (Lipinski definition) is 3. The van der Waals surface area contributed by atoms with Gasteiger partial charge in [-0.1, -0.05) is 48.0 Å². The van der Waals surface area contributed by atoms with Gasteiger partial charge in [0.25, 0.3) is 0 Å². The van der Waals surface area contributed by atoms with Crippen molar-refractivity contribution in [2.24, 2.45) is 4.99 Å². The largest absolute Gasteiger partial charge is 0.444 e. The maximum Gasteiger partial charge on any atom is 0.226 e. The summed E-state index contributed by atoms with van der Waals surface area (Å²) in [6.07, 6.45) is 2.50. The highest BCUT2D eigenvalue weighted by Crippen LogP contribution is 2.19. The predicted molar refractivity (Wildman–Crippen MR) is 136 cm³/mol. The summed E-state index contributed by atoms with van der Waals surface area (Å²) in [5.74, 6) is 1.38. The lowest BCUT2D eigenvalue weighted by atomic mass is 10.1. The minimum atomic E-state index is -0.506. The molecule has 0 bridgehead atoms. The average Bonchev–Trinajstić information content (AvgIpc) is 3.23. The molecule has 31 heavy (non-hydrogen) atoms. The number of guanidine groups is 1. The Morgan fingerprint density at radius 3 is 2.55 bits per heavy atom. The molecule has 3 N–H and O–H groups in total. The van der Waals surface area contributed by atoms with Crippen molar-refractivity contribution in [3.8, 4) is 11.5 Å². The summed E-state index contributed by atoms with van der Waals surface area (Å²) in [4.78, 5) is 9.13. The number of halogens is 1. The first kappa shape index (κ1) is 24.9. The lowest BCUT2D eigenvalue weighted by Gasteiger charge is -2.12. The van der Waals surface area contributed by atoms with Gasteiger partial charge in [0.05, 0.1) is 11.8 Å². The third-order valence-corrected chi connectivity index (χ3v) is 4.72. The summed E-state index contributed by atoms with van der Waals surface area (Å²) in [5, 5.41) is 16.8. The van der Waals surface area contributed by atoms with Gasteiger partial charge in [0.2, 0.25) is 5.89 Å². The van der Waals surface area contributed by atoms with Crippen LogP contribution in [0, 0.1) is 6.92 Å². The van der Waals surface area contributed by atoms with Crippen LogP contribution in [0.15, 0.2) is 70.3 Å². The fourth-order valence-electron chi connectivity index (χ4n) is 3.04. The molecule has 3 aromatic rings. The highest BCUT2D eigenvalue weighted by molar-refractivity contribution is 14.0. The molecule has 0 saturated carbocycles. The molecule has 0 aliphatic carbocycles. The number of aryl methyl sites for hydroxylation is 1.